The Morgan fingerprint density at radius 2 is 2.05 bits per heavy atom. The van der Waals surface area contributed by atoms with Gasteiger partial charge in [-0.3, -0.25) is 8.74 Å². The zero-order chi connectivity index (χ0) is 15.7. The minimum atomic E-state index is -4.19. The summed E-state index contributed by atoms with van der Waals surface area (Å²) in [4.78, 5) is 6.69. The Morgan fingerprint density at radius 3 is 2.71 bits per heavy atom. The lowest BCUT2D eigenvalue weighted by Crippen LogP contribution is -2.19. The monoisotopic (exact) mass is 334 g/mol. The van der Waals surface area contributed by atoms with E-state index in [-0.39, 0.29) is 17.9 Å². The predicted octanol–water partition coefficient (Wildman–Crippen LogP) is 0.935. The summed E-state index contributed by atoms with van der Waals surface area (Å²) in [6, 6.07) is 4.26. The number of aromatic amines is 1. The van der Waals surface area contributed by atoms with E-state index in [2.05, 4.69) is 9.97 Å². The van der Waals surface area contributed by atoms with Crippen LogP contribution in [0.3, 0.4) is 0 Å². The van der Waals surface area contributed by atoms with Crippen molar-refractivity contribution in [2.75, 3.05) is 6.61 Å². The first kappa shape index (κ1) is 15.9. The number of H-pyrrole nitrogens is 1. The Kier molecular flexibility index (Phi) is 4.33. The molecule has 1 unspecified atom stereocenters. The van der Waals surface area contributed by atoms with Gasteiger partial charge in [-0.2, -0.15) is 16.8 Å². The normalized spacial score (nSPS) is 14.4. The number of fused-ring (bicyclic) bond motifs is 1. The molecule has 116 valence electrons. The smallest absolute Gasteiger partial charge is 0.297 e. The Hall–Kier alpha value is -1.49. The molecule has 0 saturated heterocycles. The van der Waals surface area contributed by atoms with Crippen LogP contribution in [0.15, 0.2) is 29.4 Å². The van der Waals surface area contributed by atoms with Gasteiger partial charge in [-0.05, 0) is 31.5 Å². The highest BCUT2D eigenvalue weighted by Gasteiger charge is 2.20. The first-order valence-electron chi connectivity index (χ1n) is 5.99. The van der Waals surface area contributed by atoms with Gasteiger partial charge in [0.1, 0.15) is 0 Å². The maximum Gasteiger partial charge on any atom is 0.297 e. The molecule has 21 heavy (non-hydrogen) atoms. The molecule has 1 aromatic carbocycles. The van der Waals surface area contributed by atoms with Crippen molar-refractivity contribution in [2.24, 2.45) is 0 Å². The van der Waals surface area contributed by atoms with Crippen molar-refractivity contribution in [3.05, 3.63) is 24.5 Å². The van der Waals surface area contributed by atoms with E-state index in [9.17, 15) is 16.8 Å². The molecule has 0 aliphatic rings. The van der Waals surface area contributed by atoms with Crippen molar-refractivity contribution < 1.29 is 25.6 Å². The van der Waals surface area contributed by atoms with Gasteiger partial charge in [0.2, 0.25) is 0 Å². The van der Waals surface area contributed by atoms with Crippen molar-refractivity contribution in [2.45, 2.75) is 23.5 Å². The zero-order valence-electron chi connectivity index (χ0n) is 11.1. The highest BCUT2D eigenvalue weighted by Crippen LogP contribution is 2.18. The minimum Gasteiger partial charge on any atom is -0.345 e. The molecule has 0 fully saturated rings. The van der Waals surface area contributed by atoms with Crippen molar-refractivity contribution in [1.82, 2.24) is 9.97 Å². The summed E-state index contributed by atoms with van der Waals surface area (Å²) in [5.41, 5.74) is 1.17. The highest BCUT2D eigenvalue weighted by atomic mass is 32.2. The van der Waals surface area contributed by atoms with Crippen molar-refractivity contribution in [1.29, 1.82) is 0 Å². The molecule has 0 bridgehead atoms. The maximum atomic E-state index is 12.0. The van der Waals surface area contributed by atoms with Gasteiger partial charge in [0, 0.05) is 0 Å². The average Bonchev–Trinajstić information content (AvgIpc) is 2.84. The molecule has 0 aliphatic carbocycles. The molecule has 1 atom stereocenters. The molecule has 8 nitrogen and oxygen atoms in total. The van der Waals surface area contributed by atoms with Crippen molar-refractivity contribution in [3.8, 4) is 0 Å². The molecule has 2 rings (SSSR count). The number of imidazole rings is 1. The first-order valence-corrected chi connectivity index (χ1v) is 8.90. The maximum absolute atomic E-state index is 12.0. The van der Waals surface area contributed by atoms with Gasteiger partial charge < -0.3 is 4.98 Å². The lowest BCUT2D eigenvalue weighted by atomic mass is 10.3. The number of rotatable bonds is 6. The second kappa shape index (κ2) is 5.72. The third-order valence-electron chi connectivity index (χ3n) is 2.95. The summed E-state index contributed by atoms with van der Waals surface area (Å²) in [5, 5.41) is -1.09. The Balaban J connectivity index is 2.08. The molecule has 0 spiro atoms. The van der Waals surface area contributed by atoms with E-state index in [1.165, 1.54) is 31.5 Å². The van der Waals surface area contributed by atoms with Gasteiger partial charge in [0.05, 0.1) is 34.1 Å². The molecule has 1 aromatic heterocycles. The van der Waals surface area contributed by atoms with Gasteiger partial charge in [-0.1, -0.05) is 0 Å². The van der Waals surface area contributed by atoms with E-state index in [0.29, 0.717) is 11.0 Å². The largest absolute Gasteiger partial charge is 0.345 e. The van der Waals surface area contributed by atoms with E-state index in [4.69, 9.17) is 8.74 Å². The number of nitrogens with zero attached hydrogens (tertiary/aromatic N) is 1. The minimum absolute atomic E-state index is 0.0567. The van der Waals surface area contributed by atoms with Crippen molar-refractivity contribution >= 4 is 31.3 Å². The van der Waals surface area contributed by atoms with E-state index in [1.54, 1.807) is 0 Å². The van der Waals surface area contributed by atoms with Crippen LogP contribution < -0.4 is 0 Å². The van der Waals surface area contributed by atoms with Gasteiger partial charge >= 0.3 is 0 Å². The second-order valence-corrected chi connectivity index (χ2v) is 7.92. The van der Waals surface area contributed by atoms with Crippen LogP contribution in [-0.2, 0) is 24.4 Å². The predicted molar refractivity (Wildman–Crippen MR) is 74.9 cm³/mol. The molecule has 1 heterocycles. The summed E-state index contributed by atoms with van der Waals surface area (Å²) in [7, 11) is -8.19. The summed E-state index contributed by atoms with van der Waals surface area (Å²) in [6.07, 6.45) is 1.31. The van der Waals surface area contributed by atoms with E-state index in [1.807, 2.05) is 0 Å². The molecule has 0 amide bonds. The van der Waals surface area contributed by atoms with Crippen LogP contribution in [0, 0.1) is 0 Å². The summed E-state index contributed by atoms with van der Waals surface area (Å²) >= 11 is 0. The topological polar surface area (TPSA) is 126 Å². The summed E-state index contributed by atoms with van der Waals surface area (Å²) in [6.45, 7) is 0.923. The van der Waals surface area contributed by atoms with Gasteiger partial charge in [0.15, 0.2) is 0 Å². The highest BCUT2D eigenvalue weighted by molar-refractivity contribution is 7.87. The number of benzene rings is 1. The second-order valence-electron chi connectivity index (χ2n) is 4.47. The molecule has 0 saturated carbocycles. The lowest BCUT2D eigenvalue weighted by Gasteiger charge is -2.09. The van der Waals surface area contributed by atoms with E-state index >= 15 is 0 Å². The summed E-state index contributed by atoms with van der Waals surface area (Å²) < 4.78 is 59.1. The molecule has 2 N–H and O–H groups in total. The van der Waals surface area contributed by atoms with E-state index in [0.717, 1.165) is 0 Å². The number of nitrogens with one attached hydrogen (secondary N) is 1. The van der Waals surface area contributed by atoms with Crippen LogP contribution in [0.5, 0.6) is 0 Å². The molecule has 2 aromatic rings. The fraction of sp³-hybridized carbons (Fsp3) is 0.364. The summed E-state index contributed by atoms with van der Waals surface area (Å²) in [5.74, 6) is 0. The fourth-order valence-corrected chi connectivity index (χ4v) is 2.95. The Labute approximate surface area is 122 Å². The van der Waals surface area contributed by atoms with Crippen LogP contribution in [-0.4, -0.2) is 43.2 Å². The van der Waals surface area contributed by atoms with Crippen LogP contribution in [0.2, 0.25) is 0 Å². The molecular formula is C11H14N2O6S2. The third-order valence-corrected chi connectivity index (χ3v) is 5.51. The van der Waals surface area contributed by atoms with Crippen LogP contribution in [0.1, 0.15) is 13.3 Å². The SMILES string of the molecule is CC(CCOS(=O)(=O)c1ccc2nc[nH]c2c1)S(=O)(=O)O. The molecule has 0 radical (unpaired) electrons. The zero-order valence-corrected chi connectivity index (χ0v) is 12.7. The quantitative estimate of drug-likeness (QED) is 0.594. The van der Waals surface area contributed by atoms with E-state index < -0.39 is 25.5 Å². The van der Waals surface area contributed by atoms with Crippen LogP contribution in [0.4, 0.5) is 0 Å². The Bertz CT molecular complexity index is 840. The number of hydrogen-bond acceptors (Lipinski definition) is 6. The number of aromatic nitrogens is 2. The lowest BCUT2D eigenvalue weighted by molar-refractivity contribution is 0.308. The van der Waals surface area contributed by atoms with Crippen molar-refractivity contribution in [3.63, 3.8) is 0 Å². The average molecular weight is 334 g/mol. The molecular weight excluding hydrogens is 320 g/mol. The van der Waals surface area contributed by atoms with Gasteiger partial charge in [0.25, 0.3) is 20.2 Å². The standard InChI is InChI=1S/C11H14N2O6S2/c1-8(20(14,15)16)4-5-19-21(17,18)9-2-3-10-11(6-9)13-7-12-10/h2-3,6-8H,4-5H2,1H3,(H,12,13)(H,14,15,16). The number of hydrogen-bond donors (Lipinski definition) is 2. The fourth-order valence-electron chi connectivity index (χ4n) is 1.61. The molecule has 0 aliphatic heterocycles. The van der Waals surface area contributed by atoms with Crippen LogP contribution >= 0.6 is 0 Å². The van der Waals surface area contributed by atoms with Gasteiger partial charge in [-0.25, -0.2) is 4.98 Å². The van der Waals surface area contributed by atoms with Crippen LogP contribution in [0.25, 0.3) is 11.0 Å². The first-order chi connectivity index (χ1) is 9.70. The van der Waals surface area contributed by atoms with Gasteiger partial charge in [-0.15, -0.1) is 0 Å². The Morgan fingerprint density at radius 1 is 1.33 bits per heavy atom. The molecule has 10 heteroatoms. The third kappa shape index (κ3) is 3.79.